The lowest BCUT2D eigenvalue weighted by atomic mass is 9.97. The van der Waals surface area contributed by atoms with Gasteiger partial charge in [-0.3, -0.25) is 14.3 Å². The van der Waals surface area contributed by atoms with Gasteiger partial charge in [-0.15, -0.1) is 0 Å². The van der Waals surface area contributed by atoms with Gasteiger partial charge in [-0.2, -0.15) is 5.10 Å². The van der Waals surface area contributed by atoms with Crippen LogP contribution in [0.15, 0.2) is 54.9 Å². The minimum atomic E-state index is -0.267. The molecule has 1 aliphatic rings. The first-order valence-corrected chi connectivity index (χ1v) is 10.4. The summed E-state index contributed by atoms with van der Waals surface area (Å²) < 4.78 is 1.82. The molecule has 4 rings (SSSR count). The number of pyridine rings is 1. The highest BCUT2D eigenvalue weighted by atomic mass is 16.2. The highest BCUT2D eigenvalue weighted by Gasteiger charge is 2.24. The van der Waals surface area contributed by atoms with Crippen molar-refractivity contribution in [3.8, 4) is 0 Å². The van der Waals surface area contributed by atoms with Gasteiger partial charge in [0.25, 0.3) is 5.91 Å². The molecule has 0 bridgehead atoms. The topological polar surface area (TPSA) is 106 Å². The van der Waals surface area contributed by atoms with Crippen LogP contribution in [0.25, 0.3) is 0 Å². The van der Waals surface area contributed by atoms with Crippen LogP contribution in [0.2, 0.25) is 0 Å². The minimum Gasteiger partial charge on any atom is -0.369 e. The number of nitrogens with one attached hydrogen (secondary N) is 1. The van der Waals surface area contributed by atoms with Gasteiger partial charge in [-0.25, -0.2) is 4.98 Å². The number of piperidine rings is 1. The number of nitrogens with zero attached hydrogens (tertiary/aromatic N) is 4. The molecule has 1 fully saturated rings. The number of benzene rings is 1. The van der Waals surface area contributed by atoms with Crippen molar-refractivity contribution in [3.05, 3.63) is 71.7 Å². The van der Waals surface area contributed by atoms with Crippen LogP contribution in [0.5, 0.6) is 0 Å². The Morgan fingerprint density at radius 2 is 1.97 bits per heavy atom. The Balaban J connectivity index is 1.40. The van der Waals surface area contributed by atoms with Crippen LogP contribution >= 0.6 is 0 Å². The Hall–Kier alpha value is -3.68. The number of carbonyl (C=O) groups is 2. The molecule has 3 aromatic rings. The first-order chi connectivity index (χ1) is 15.0. The van der Waals surface area contributed by atoms with E-state index in [-0.39, 0.29) is 17.7 Å². The predicted molar refractivity (Wildman–Crippen MR) is 119 cm³/mol. The lowest BCUT2D eigenvalue weighted by Crippen LogP contribution is -2.41. The fourth-order valence-corrected chi connectivity index (χ4v) is 3.85. The maximum Gasteiger partial charge on any atom is 0.259 e. The summed E-state index contributed by atoms with van der Waals surface area (Å²) in [4.78, 5) is 30.8. The summed E-state index contributed by atoms with van der Waals surface area (Å²) in [7, 11) is 0. The second kappa shape index (κ2) is 8.99. The molecule has 8 heteroatoms. The van der Waals surface area contributed by atoms with Crippen molar-refractivity contribution in [2.75, 3.05) is 23.3 Å². The summed E-state index contributed by atoms with van der Waals surface area (Å²) in [5.41, 5.74) is 8.52. The Bertz CT molecular complexity index is 1060. The molecule has 3 heterocycles. The van der Waals surface area contributed by atoms with E-state index in [2.05, 4.69) is 20.3 Å². The number of nitrogens with two attached hydrogens (primary N) is 1. The zero-order chi connectivity index (χ0) is 21.8. The number of hydrogen-bond donors (Lipinski definition) is 2. The van der Waals surface area contributed by atoms with Crippen LogP contribution in [0.4, 0.5) is 11.5 Å². The first-order valence-electron chi connectivity index (χ1n) is 10.4. The van der Waals surface area contributed by atoms with Gasteiger partial charge >= 0.3 is 0 Å². The molecule has 3 N–H and O–H groups in total. The summed E-state index contributed by atoms with van der Waals surface area (Å²) in [6.45, 7) is 3.91. The molecule has 8 nitrogen and oxygen atoms in total. The number of aromatic nitrogens is 3. The van der Waals surface area contributed by atoms with Crippen molar-refractivity contribution in [3.63, 3.8) is 0 Å². The van der Waals surface area contributed by atoms with Crippen molar-refractivity contribution < 1.29 is 9.59 Å². The molecule has 0 spiro atoms. The second-order valence-electron chi connectivity index (χ2n) is 7.83. The van der Waals surface area contributed by atoms with E-state index in [0.717, 1.165) is 36.5 Å². The SMILES string of the molecule is Cc1c(C(=O)Nc2ccc(N3CCCC(C(N)=O)C3)nc2)cnn1Cc1ccccc1. The van der Waals surface area contributed by atoms with E-state index in [1.165, 1.54) is 0 Å². The highest BCUT2D eigenvalue weighted by Crippen LogP contribution is 2.22. The lowest BCUT2D eigenvalue weighted by molar-refractivity contribution is -0.122. The third-order valence-electron chi connectivity index (χ3n) is 5.68. The van der Waals surface area contributed by atoms with Gasteiger partial charge in [-0.05, 0) is 37.5 Å². The lowest BCUT2D eigenvalue weighted by Gasteiger charge is -2.32. The molecule has 160 valence electrons. The number of hydrogen-bond acceptors (Lipinski definition) is 5. The Morgan fingerprint density at radius 3 is 2.68 bits per heavy atom. The summed E-state index contributed by atoms with van der Waals surface area (Å²) >= 11 is 0. The summed E-state index contributed by atoms with van der Waals surface area (Å²) in [5, 5.41) is 7.25. The van der Waals surface area contributed by atoms with Gasteiger partial charge in [0, 0.05) is 18.8 Å². The Morgan fingerprint density at radius 1 is 1.16 bits per heavy atom. The third kappa shape index (κ3) is 4.74. The molecule has 1 saturated heterocycles. The van der Waals surface area contributed by atoms with Crippen LogP contribution in [0, 0.1) is 12.8 Å². The van der Waals surface area contributed by atoms with Crippen molar-refractivity contribution in [1.29, 1.82) is 0 Å². The van der Waals surface area contributed by atoms with Gasteiger partial charge in [0.1, 0.15) is 5.82 Å². The van der Waals surface area contributed by atoms with Crippen molar-refractivity contribution in [2.24, 2.45) is 11.7 Å². The van der Waals surface area contributed by atoms with Gasteiger partial charge < -0.3 is 16.0 Å². The summed E-state index contributed by atoms with van der Waals surface area (Å²) in [5.74, 6) is 0.135. The van der Waals surface area contributed by atoms with Crippen LogP contribution < -0.4 is 16.0 Å². The van der Waals surface area contributed by atoms with Crippen molar-refractivity contribution >= 4 is 23.3 Å². The average molecular weight is 419 g/mol. The standard InChI is InChI=1S/C23H26N6O2/c1-16-20(13-26-29(16)14-17-6-3-2-4-7-17)23(31)27-19-9-10-21(25-12-19)28-11-5-8-18(15-28)22(24)30/h2-4,6-7,9-10,12-13,18H,5,8,11,14-15H2,1H3,(H2,24,30)(H,27,31). The minimum absolute atomic E-state index is 0.148. The van der Waals surface area contributed by atoms with E-state index < -0.39 is 0 Å². The molecule has 1 aliphatic heterocycles. The Kier molecular flexibility index (Phi) is 5.97. The quantitative estimate of drug-likeness (QED) is 0.640. The third-order valence-corrected chi connectivity index (χ3v) is 5.68. The number of anilines is 2. The predicted octanol–water partition coefficient (Wildman–Crippen LogP) is 2.59. The molecule has 2 amide bonds. The molecule has 31 heavy (non-hydrogen) atoms. The maximum atomic E-state index is 12.8. The first kappa shape index (κ1) is 20.6. The number of carbonyl (C=O) groups excluding carboxylic acids is 2. The molecule has 1 unspecified atom stereocenters. The molecule has 0 saturated carbocycles. The maximum absolute atomic E-state index is 12.8. The number of rotatable bonds is 6. The zero-order valence-corrected chi connectivity index (χ0v) is 17.5. The average Bonchev–Trinajstić information content (AvgIpc) is 3.15. The zero-order valence-electron chi connectivity index (χ0n) is 17.5. The van der Waals surface area contributed by atoms with Crippen molar-refractivity contribution in [2.45, 2.75) is 26.3 Å². The smallest absolute Gasteiger partial charge is 0.259 e. The molecule has 2 aromatic heterocycles. The summed E-state index contributed by atoms with van der Waals surface area (Å²) in [6, 6.07) is 13.7. The fraction of sp³-hybridized carbons (Fsp3) is 0.304. The fourth-order valence-electron chi connectivity index (χ4n) is 3.85. The van der Waals surface area contributed by atoms with Gasteiger partial charge in [0.05, 0.1) is 36.1 Å². The highest BCUT2D eigenvalue weighted by molar-refractivity contribution is 6.04. The largest absolute Gasteiger partial charge is 0.369 e. The molecular formula is C23H26N6O2. The monoisotopic (exact) mass is 418 g/mol. The number of primary amides is 1. The van der Waals surface area contributed by atoms with Crippen LogP contribution in [-0.2, 0) is 11.3 Å². The number of amides is 2. The van der Waals surface area contributed by atoms with E-state index in [9.17, 15) is 9.59 Å². The van der Waals surface area contributed by atoms with Crippen LogP contribution in [0.1, 0.15) is 34.5 Å². The normalized spacial score (nSPS) is 16.2. The molecular weight excluding hydrogens is 392 g/mol. The van der Waals surface area contributed by atoms with Crippen LogP contribution in [0.3, 0.4) is 0 Å². The van der Waals surface area contributed by atoms with E-state index in [0.29, 0.717) is 24.3 Å². The van der Waals surface area contributed by atoms with Gasteiger partial charge in [-0.1, -0.05) is 30.3 Å². The van der Waals surface area contributed by atoms with E-state index in [1.54, 1.807) is 12.4 Å². The van der Waals surface area contributed by atoms with E-state index in [4.69, 9.17) is 5.73 Å². The Labute approximate surface area is 181 Å². The molecule has 0 aliphatic carbocycles. The van der Waals surface area contributed by atoms with Gasteiger partial charge in [0.2, 0.25) is 5.91 Å². The second-order valence-corrected chi connectivity index (χ2v) is 7.83. The molecule has 1 aromatic carbocycles. The van der Waals surface area contributed by atoms with Crippen molar-refractivity contribution in [1.82, 2.24) is 14.8 Å². The van der Waals surface area contributed by atoms with E-state index in [1.807, 2.05) is 54.1 Å². The summed E-state index contributed by atoms with van der Waals surface area (Å²) in [6.07, 6.45) is 4.94. The molecule has 1 atom stereocenters. The van der Waals surface area contributed by atoms with E-state index >= 15 is 0 Å². The van der Waals surface area contributed by atoms with Gasteiger partial charge in [0.15, 0.2) is 0 Å². The molecule has 0 radical (unpaired) electrons. The van der Waals surface area contributed by atoms with Crippen LogP contribution in [-0.4, -0.2) is 39.7 Å².